The molecule has 0 amide bonds. The minimum Gasteiger partial charge on any atom is -0.496 e. The first kappa shape index (κ1) is 16.8. The van der Waals surface area contributed by atoms with Crippen LogP contribution in [0.25, 0.3) is 0 Å². The van der Waals surface area contributed by atoms with Crippen molar-refractivity contribution in [2.75, 3.05) is 19.9 Å². The second kappa shape index (κ2) is 6.47. The molecule has 0 bridgehead atoms. The van der Waals surface area contributed by atoms with Crippen molar-refractivity contribution in [1.82, 2.24) is 4.72 Å². The summed E-state index contributed by atoms with van der Waals surface area (Å²) in [5.74, 6) is 0.600. The standard InChI is InChI=1S/C12H18BrNO3S2/c1-12(2,18-4)8-14-19(15,16)9-5-6-11(17-3)10(13)7-9/h5-7,14H,8H2,1-4H3. The molecule has 1 rings (SSSR count). The molecule has 0 aliphatic rings. The molecule has 0 saturated heterocycles. The zero-order valence-electron chi connectivity index (χ0n) is 11.4. The Kier molecular flexibility index (Phi) is 5.73. The fourth-order valence-corrected chi connectivity index (χ4v) is 3.48. The van der Waals surface area contributed by atoms with Crippen molar-refractivity contribution in [3.05, 3.63) is 22.7 Å². The zero-order chi connectivity index (χ0) is 14.7. The van der Waals surface area contributed by atoms with Gasteiger partial charge in [0.2, 0.25) is 10.0 Å². The molecular weight excluding hydrogens is 350 g/mol. The van der Waals surface area contributed by atoms with E-state index in [0.29, 0.717) is 16.8 Å². The number of benzene rings is 1. The van der Waals surface area contributed by atoms with Gasteiger partial charge >= 0.3 is 0 Å². The Morgan fingerprint density at radius 2 is 2.05 bits per heavy atom. The second-order valence-corrected chi connectivity index (χ2v) is 8.72. The van der Waals surface area contributed by atoms with Gasteiger partial charge in [0, 0.05) is 11.3 Å². The highest BCUT2D eigenvalue weighted by molar-refractivity contribution is 9.10. The summed E-state index contributed by atoms with van der Waals surface area (Å²) < 4.78 is 32.5. The SMILES string of the molecule is COc1ccc(S(=O)(=O)NCC(C)(C)SC)cc1Br. The number of sulfonamides is 1. The lowest BCUT2D eigenvalue weighted by atomic mass is 10.2. The van der Waals surface area contributed by atoms with Crippen molar-refractivity contribution in [3.63, 3.8) is 0 Å². The van der Waals surface area contributed by atoms with E-state index in [-0.39, 0.29) is 9.64 Å². The molecule has 4 nitrogen and oxygen atoms in total. The van der Waals surface area contributed by atoms with E-state index in [1.54, 1.807) is 17.8 Å². The van der Waals surface area contributed by atoms with Gasteiger partial charge in [-0.1, -0.05) is 0 Å². The average Bonchev–Trinajstić information content (AvgIpc) is 2.36. The van der Waals surface area contributed by atoms with Crippen LogP contribution in [0.2, 0.25) is 0 Å². The Morgan fingerprint density at radius 3 is 2.53 bits per heavy atom. The monoisotopic (exact) mass is 367 g/mol. The average molecular weight is 368 g/mol. The zero-order valence-corrected chi connectivity index (χ0v) is 14.6. The van der Waals surface area contributed by atoms with E-state index in [0.717, 1.165) is 0 Å². The number of hydrogen-bond donors (Lipinski definition) is 1. The van der Waals surface area contributed by atoms with E-state index in [1.165, 1.54) is 19.2 Å². The fraction of sp³-hybridized carbons (Fsp3) is 0.500. The van der Waals surface area contributed by atoms with Gasteiger partial charge in [-0.15, -0.1) is 0 Å². The minimum atomic E-state index is -3.50. The number of methoxy groups -OCH3 is 1. The summed E-state index contributed by atoms with van der Waals surface area (Å²) in [7, 11) is -1.96. The normalized spacial score (nSPS) is 12.5. The molecule has 7 heteroatoms. The van der Waals surface area contributed by atoms with Crippen molar-refractivity contribution in [2.45, 2.75) is 23.5 Å². The van der Waals surface area contributed by atoms with Gasteiger partial charge in [-0.25, -0.2) is 13.1 Å². The van der Waals surface area contributed by atoms with Gasteiger partial charge in [-0.05, 0) is 54.2 Å². The third-order valence-corrected chi connectivity index (χ3v) is 5.94. The topological polar surface area (TPSA) is 55.4 Å². The van der Waals surface area contributed by atoms with Crippen LogP contribution in [0.15, 0.2) is 27.6 Å². The molecule has 108 valence electrons. The van der Waals surface area contributed by atoms with Crippen LogP contribution in [0.1, 0.15) is 13.8 Å². The molecule has 0 aliphatic carbocycles. The minimum absolute atomic E-state index is 0.142. The van der Waals surface area contributed by atoms with Gasteiger partial charge < -0.3 is 4.74 Å². The van der Waals surface area contributed by atoms with Gasteiger partial charge in [0.15, 0.2) is 0 Å². The lowest BCUT2D eigenvalue weighted by Gasteiger charge is -2.22. The maximum Gasteiger partial charge on any atom is 0.240 e. The summed E-state index contributed by atoms with van der Waals surface area (Å²) in [6, 6.07) is 4.68. The highest BCUT2D eigenvalue weighted by Crippen LogP contribution is 2.27. The number of ether oxygens (including phenoxy) is 1. The molecule has 0 spiro atoms. The molecule has 1 aromatic rings. The first-order valence-electron chi connectivity index (χ1n) is 5.60. The van der Waals surface area contributed by atoms with Crippen molar-refractivity contribution in [1.29, 1.82) is 0 Å². The molecule has 0 saturated carbocycles. The predicted molar refractivity (Wildman–Crippen MR) is 83.5 cm³/mol. The van der Waals surface area contributed by atoms with Crippen molar-refractivity contribution in [2.24, 2.45) is 0 Å². The van der Waals surface area contributed by atoms with E-state index >= 15 is 0 Å². The molecular formula is C12H18BrNO3S2. The van der Waals surface area contributed by atoms with Crippen LogP contribution in [-0.4, -0.2) is 33.1 Å². The van der Waals surface area contributed by atoms with Crippen LogP contribution in [0.4, 0.5) is 0 Å². The smallest absolute Gasteiger partial charge is 0.240 e. The van der Waals surface area contributed by atoms with Crippen LogP contribution in [0.5, 0.6) is 5.75 Å². The van der Waals surface area contributed by atoms with Gasteiger partial charge in [0.25, 0.3) is 0 Å². The van der Waals surface area contributed by atoms with Gasteiger partial charge in [0.05, 0.1) is 16.5 Å². The summed E-state index contributed by atoms with van der Waals surface area (Å²) in [6.07, 6.45) is 1.96. The van der Waals surface area contributed by atoms with E-state index in [2.05, 4.69) is 20.7 Å². The van der Waals surface area contributed by atoms with Crippen LogP contribution < -0.4 is 9.46 Å². The molecule has 0 aromatic heterocycles. The third kappa shape index (κ3) is 4.66. The summed E-state index contributed by atoms with van der Waals surface area (Å²) >= 11 is 4.90. The molecule has 1 aromatic carbocycles. The van der Waals surface area contributed by atoms with Crippen LogP contribution in [0.3, 0.4) is 0 Å². The molecule has 0 fully saturated rings. The first-order valence-corrected chi connectivity index (χ1v) is 9.10. The fourth-order valence-electron chi connectivity index (χ4n) is 1.24. The molecule has 0 unspecified atom stereocenters. The van der Waals surface area contributed by atoms with E-state index < -0.39 is 10.0 Å². The van der Waals surface area contributed by atoms with Crippen molar-refractivity contribution >= 4 is 37.7 Å². The number of halogens is 1. The van der Waals surface area contributed by atoms with E-state index in [4.69, 9.17) is 4.74 Å². The summed E-state index contributed by atoms with van der Waals surface area (Å²) in [5, 5.41) is 0. The van der Waals surface area contributed by atoms with Gasteiger partial charge in [-0.2, -0.15) is 11.8 Å². The molecule has 19 heavy (non-hydrogen) atoms. The number of rotatable bonds is 6. The molecule has 1 N–H and O–H groups in total. The van der Waals surface area contributed by atoms with E-state index in [1.807, 2.05) is 20.1 Å². The molecule has 0 atom stereocenters. The first-order chi connectivity index (χ1) is 8.72. The van der Waals surface area contributed by atoms with Gasteiger partial charge in [0.1, 0.15) is 5.75 Å². The summed E-state index contributed by atoms with van der Waals surface area (Å²) in [6.45, 7) is 4.36. The number of thioether (sulfide) groups is 1. The largest absolute Gasteiger partial charge is 0.496 e. The highest BCUT2D eigenvalue weighted by atomic mass is 79.9. The second-order valence-electron chi connectivity index (χ2n) is 4.58. The summed E-state index contributed by atoms with van der Waals surface area (Å²) in [5.41, 5.74) is 0. The van der Waals surface area contributed by atoms with Gasteiger partial charge in [-0.3, -0.25) is 0 Å². The predicted octanol–water partition coefficient (Wildman–Crippen LogP) is 2.88. The molecule has 0 radical (unpaired) electrons. The van der Waals surface area contributed by atoms with Crippen LogP contribution >= 0.6 is 27.7 Å². The Hall–Kier alpha value is -0.240. The van der Waals surface area contributed by atoms with Crippen molar-refractivity contribution in [3.8, 4) is 5.75 Å². The Labute approximate surface area is 127 Å². The van der Waals surface area contributed by atoms with Crippen LogP contribution in [0, 0.1) is 0 Å². The Bertz CT molecular complexity index is 544. The lowest BCUT2D eigenvalue weighted by Crippen LogP contribution is -2.36. The summed E-state index contributed by atoms with van der Waals surface area (Å²) in [4.78, 5) is 0.220. The maximum absolute atomic E-state index is 12.2. The maximum atomic E-state index is 12.2. The Balaban J connectivity index is 2.92. The van der Waals surface area contributed by atoms with Crippen molar-refractivity contribution < 1.29 is 13.2 Å². The van der Waals surface area contributed by atoms with E-state index in [9.17, 15) is 8.42 Å². The molecule has 0 aliphatic heterocycles. The highest BCUT2D eigenvalue weighted by Gasteiger charge is 2.21. The lowest BCUT2D eigenvalue weighted by molar-refractivity contribution is 0.411. The number of hydrogen-bond acceptors (Lipinski definition) is 4. The third-order valence-electron chi connectivity index (χ3n) is 2.67. The number of nitrogens with one attached hydrogen (secondary N) is 1. The van der Waals surface area contributed by atoms with Crippen LogP contribution in [-0.2, 0) is 10.0 Å². The Morgan fingerprint density at radius 1 is 1.42 bits per heavy atom. The quantitative estimate of drug-likeness (QED) is 0.839. The molecule has 0 heterocycles.